The average molecular weight is 624 g/mol. The lowest BCUT2D eigenvalue weighted by Gasteiger charge is -2.45. The molecule has 44 heavy (non-hydrogen) atoms. The van der Waals surface area contributed by atoms with Gasteiger partial charge in [0.15, 0.2) is 5.60 Å². The highest BCUT2D eigenvalue weighted by Gasteiger charge is 2.62. The first kappa shape index (κ1) is 33.0. The van der Waals surface area contributed by atoms with Crippen LogP contribution in [0.15, 0.2) is 84.9 Å². The van der Waals surface area contributed by atoms with Crippen molar-refractivity contribution < 1.29 is 38.8 Å². The fourth-order valence-corrected chi connectivity index (χ4v) is 5.89. The van der Waals surface area contributed by atoms with Crippen LogP contribution in [-0.2, 0) is 34.5 Å². The Labute approximate surface area is 262 Å². The summed E-state index contributed by atoms with van der Waals surface area (Å²) < 4.78 is 18.1. The van der Waals surface area contributed by atoms with Crippen molar-refractivity contribution in [2.24, 2.45) is 0 Å². The van der Waals surface area contributed by atoms with Gasteiger partial charge >= 0.3 is 17.9 Å². The van der Waals surface area contributed by atoms with Gasteiger partial charge in [-0.3, -0.25) is 9.59 Å². The second-order valence-corrected chi connectivity index (χ2v) is 11.3. The second kappa shape index (κ2) is 14.2. The molecule has 3 aromatic carbocycles. The van der Waals surface area contributed by atoms with E-state index in [9.17, 15) is 24.6 Å². The number of carbonyl (C=O) groups is 3. The summed E-state index contributed by atoms with van der Waals surface area (Å²) in [5, 5.41) is 18.3. The molecular formula is C34H38ClNO8. The summed E-state index contributed by atoms with van der Waals surface area (Å²) in [6, 6.07) is 23.6. The average Bonchev–Trinajstić information content (AvgIpc) is 3.05. The van der Waals surface area contributed by atoms with E-state index in [1.54, 1.807) is 84.9 Å². The van der Waals surface area contributed by atoms with Crippen LogP contribution in [-0.4, -0.2) is 64.9 Å². The van der Waals surface area contributed by atoms with Crippen molar-refractivity contribution >= 4 is 29.5 Å². The quantitative estimate of drug-likeness (QED) is 0.159. The Bertz CT molecular complexity index is 1420. The van der Waals surface area contributed by atoms with Crippen LogP contribution < -0.4 is 4.74 Å². The van der Waals surface area contributed by atoms with E-state index in [0.717, 1.165) is 32.5 Å². The molecule has 1 saturated heterocycles. The maximum absolute atomic E-state index is 13.6. The summed E-state index contributed by atoms with van der Waals surface area (Å²) in [6.07, 6.45) is -0.176. The van der Waals surface area contributed by atoms with E-state index >= 15 is 0 Å². The number of aliphatic hydroxyl groups is 1. The molecule has 3 aromatic rings. The molecule has 1 fully saturated rings. The Morgan fingerprint density at radius 2 is 1.34 bits per heavy atom. The maximum atomic E-state index is 13.6. The topological polar surface area (TPSA) is 123 Å². The van der Waals surface area contributed by atoms with Crippen molar-refractivity contribution in [1.82, 2.24) is 4.90 Å². The molecule has 1 aliphatic rings. The number of rotatable bonds is 12. The number of carboxylic acid groups (broad SMARTS) is 1. The normalized spacial score (nSPS) is 24.0. The van der Waals surface area contributed by atoms with E-state index in [1.165, 1.54) is 0 Å². The number of cyclic esters (lactones) is 2. The number of benzene rings is 3. The Morgan fingerprint density at radius 1 is 0.818 bits per heavy atom. The van der Waals surface area contributed by atoms with Crippen molar-refractivity contribution in [3.8, 4) is 5.75 Å². The monoisotopic (exact) mass is 623 g/mol. The molecule has 0 aromatic heterocycles. The van der Waals surface area contributed by atoms with Gasteiger partial charge in [-0.05, 0) is 44.6 Å². The summed E-state index contributed by atoms with van der Waals surface area (Å²) in [7, 11) is 0. The van der Waals surface area contributed by atoms with Crippen LogP contribution in [0, 0.1) is 0 Å². The summed E-state index contributed by atoms with van der Waals surface area (Å²) in [4.78, 5) is 41.2. The molecule has 0 aliphatic carbocycles. The number of carboxylic acids is 1. The minimum Gasteiger partial charge on any atom is -0.494 e. The lowest BCUT2D eigenvalue weighted by molar-refractivity contribution is -0.189. The molecule has 0 saturated carbocycles. The zero-order valence-corrected chi connectivity index (χ0v) is 25.7. The lowest BCUT2D eigenvalue weighted by atomic mass is 9.77. The molecule has 3 unspecified atom stereocenters. The van der Waals surface area contributed by atoms with Crippen molar-refractivity contribution in [3.63, 3.8) is 0 Å². The Morgan fingerprint density at radius 3 is 1.89 bits per heavy atom. The first-order valence-corrected chi connectivity index (χ1v) is 15.1. The van der Waals surface area contributed by atoms with E-state index in [0.29, 0.717) is 23.5 Å². The maximum Gasteiger partial charge on any atom is 0.336 e. The van der Waals surface area contributed by atoms with Gasteiger partial charge in [0.2, 0.25) is 5.60 Å². The van der Waals surface area contributed by atoms with E-state index in [4.69, 9.17) is 25.8 Å². The summed E-state index contributed by atoms with van der Waals surface area (Å²) >= 11 is 7.40. The van der Waals surface area contributed by atoms with Crippen LogP contribution >= 0.6 is 11.6 Å². The molecule has 4 rings (SSSR count). The van der Waals surface area contributed by atoms with Gasteiger partial charge in [0.1, 0.15) is 5.75 Å². The van der Waals surface area contributed by atoms with E-state index in [2.05, 4.69) is 18.7 Å². The molecular weight excluding hydrogens is 586 g/mol. The number of esters is 2. The summed E-state index contributed by atoms with van der Waals surface area (Å²) in [6.45, 7) is 7.78. The predicted molar refractivity (Wildman–Crippen MR) is 164 cm³/mol. The smallest absolute Gasteiger partial charge is 0.336 e. The third-order valence-electron chi connectivity index (χ3n) is 7.86. The second-order valence-electron chi connectivity index (χ2n) is 10.8. The predicted octanol–water partition coefficient (Wildman–Crippen LogP) is 5.22. The van der Waals surface area contributed by atoms with Gasteiger partial charge < -0.3 is 29.3 Å². The number of carbonyl (C=O) groups excluding carboxylic acids is 2. The highest BCUT2D eigenvalue weighted by molar-refractivity contribution is 6.25. The Kier molecular flexibility index (Phi) is 10.7. The van der Waals surface area contributed by atoms with Gasteiger partial charge in [0.05, 0.1) is 19.4 Å². The highest BCUT2D eigenvalue weighted by atomic mass is 35.5. The summed E-state index contributed by atoms with van der Waals surface area (Å²) in [5.74, 6) is -3.41. The van der Waals surface area contributed by atoms with E-state index in [1.807, 2.05) is 0 Å². The fourth-order valence-electron chi connectivity index (χ4n) is 5.43. The zero-order valence-electron chi connectivity index (χ0n) is 24.9. The number of unbranched alkanes of at least 4 members (excludes halogenated alkanes) is 1. The minimum atomic E-state index is -2.77. The third kappa shape index (κ3) is 6.90. The molecule has 0 spiro atoms. The molecule has 9 nitrogen and oxygen atoms in total. The largest absolute Gasteiger partial charge is 0.494 e. The van der Waals surface area contributed by atoms with Gasteiger partial charge in [0, 0.05) is 16.7 Å². The van der Waals surface area contributed by atoms with Crippen molar-refractivity contribution in [1.29, 1.82) is 0 Å². The summed E-state index contributed by atoms with van der Waals surface area (Å²) in [5.41, 5.74) is -3.83. The number of ether oxygens (including phenoxy) is 3. The van der Waals surface area contributed by atoms with Gasteiger partial charge in [-0.25, -0.2) is 4.79 Å². The Balaban J connectivity index is 1.80. The fraction of sp³-hybridized carbons (Fsp3) is 0.382. The van der Waals surface area contributed by atoms with Gasteiger partial charge in [-0.15, -0.1) is 0 Å². The third-order valence-corrected chi connectivity index (χ3v) is 8.43. The molecule has 0 amide bonds. The van der Waals surface area contributed by atoms with Gasteiger partial charge in [0.25, 0.3) is 5.06 Å². The SMILES string of the molecule is CCN(CC)CCCCOc1ccc(C2(c3ccccc3)OC(=O)CC(O)(C(=O)O)CC(=O)OC2(Cl)c2ccccc2)cc1. The lowest BCUT2D eigenvalue weighted by Crippen LogP contribution is -2.52. The van der Waals surface area contributed by atoms with Crippen LogP contribution in [0.1, 0.15) is 56.2 Å². The zero-order chi connectivity index (χ0) is 31.8. The highest BCUT2D eigenvalue weighted by Crippen LogP contribution is 2.55. The molecule has 234 valence electrons. The number of alkyl halides is 1. The molecule has 1 heterocycles. The van der Waals surface area contributed by atoms with Crippen LogP contribution in [0.2, 0.25) is 0 Å². The van der Waals surface area contributed by atoms with Crippen LogP contribution in [0.4, 0.5) is 0 Å². The van der Waals surface area contributed by atoms with Gasteiger partial charge in [-0.2, -0.15) is 0 Å². The first-order chi connectivity index (χ1) is 21.1. The minimum absolute atomic E-state index is 0.265. The van der Waals surface area contributed by atoms with E-state index in [-0.39, 0.29) is 5.56 Å². The number of nitrogens with zero attached hydrogens (tertiary/aromatic N) is 1. The van der Waals surface area contributed by atoms with Gasteiger partial charge in [-0.1, -0.05) is 98.2 Å². The van der Waals surface area contributed by atoms with Crippen molar-refractivity contribution in [3.05, 3.63) is 102 Å². The van der Waals surface area contributed by atoms with E-state index < -0.39 is 47.0 Å². The van der Waals surface area contributed by atoms with Crippen LogP contribution in [0.5, 0.6) is 5.75 Å². The van der Waals surface area contributed by atoms with Crippen LogP contribution in [0.25, 0.3) is 0 Å². The number of hydrogen-bond acceptors (Lipinski definition) is 8. The number of halogens is 1. The van der Waals surface area contributed by atoms with Crippen LogP contribution in [0.3, 0.4) is 0 Å². The molecule has 0 bridgehead atoms. The molecule has 0 radical (unpaired) electrons. The number of hydrogen-bond donors (Lipinski definition) is 2. The molecule has 3 atom stereocenters. The van der Waals surface area contributed by atoms with Crippen molar-refractivity contribution in [2.45, 2.75) is 55.8 Å². The molecule has 1 aliphatic heterocycles. The molecule has 10 heteroatoms. The standard InChI is InChI=1S/C34H38ClNO8/c1-3-36(4-2)21-11-12-22-42-28-19-17-26(18-20-28)33(25-13-7-5-8-14-25)34(35,27-15-9-6-10-16-27)44-30(38)24-32(41,31(39)40)23-29(37)43-33/h5-10,13-20,41H,3-4,11-12,21-24H2,1-2H3,(H,39,40). The Hall–Kier alpha value is -3.92. The number of aliphatic carboxylic acids is 1. The first-order valence-electron chi connectivity index (χ1n) is 14.7. The molecule has 2 N–H and O–H groups in total. The van der Waals surface area contributed by atoms with Crippen molar-refractivity contribution in [2.75, 3.05) is 26.2 Å².